The molecular weight excluding hydrogens is 408 g/mol. The lowest BCUT2D eigenvalue weighted by Crippen LogP contribution is -2.64. The largest absolute Gasteiger partial charge is 0.490 e. The number of anilines is 1. The molecule has 4 bridgehead atoms. The monoisotopic (exact) mass is 435 g/mol. The summed E-state index contributed by atoms with van der Waals surface area (Å²) in [5, 5.41) is 0. The van der Waals surface area contributed by atoms with E-state index in [2.05, 4.69) is 88.5 Å². The van der Waals surface area contributed by atoms with Crippen molar-refractivity contribution in [1.29, 1.82) is 0 Å². The Labute approximate surface area is 171 Å². The van der Waals surface area contributed by atoms with Gasteiger partial charge in [0.05, 0.1) is 16.8 Å². The molecule has 5 nitrogen and oxygen atoms in total. The van der Waals surface area contributed by atoms with E-state index in [-0.39, 0.29) is 0 Å². The third-order valence-electron chi connectivity index (χ3n) is 6.86. The first-order valence-corrected chi connectivity index (χ1v) is 10.3. The number of nitrogens with zero attached hydrogens (tertiary/aromatic N) is 1. The van der Waals surface area contributed by atoms with Gasteiger partial charge in [0.25, 0.3) is 0 Å². The maximum absolute atomic E-state index is 6.62. The molecule has 8 heteroatoms. The van der Waals surface area contributed by atoms with Crippen molar-refractivity contribution in [2.75, 3.05) is 11.9 Å². The fourth-order valence-corrected chi connectivity index (χ4v) is 5.67. The van der Waals surface area contributed by atoms with Crippen LogP contribution in [0.25, 0.3) is 0 Å². The zero-order valence-electron chi connectivity index (χ0n) is 17.5. The number of hydrogen-bond acceptors (Lipinski definition) is 5. The molecule has 2 atom stereocenters. The molecule has 0 amide bonds. The average Bonchev–Trinajstić information content (AvgIpc) is 2.84. The molecule has 0 spiro atoms. The van der Waals surface area contributed by atoms with E-state index in [9.17, 15) is 0 Å². The Hall–Kier alpha value is -0.530. The van der Waals surface area contributed by atoms with E-state index in [0.717, 1.165) is 10.2 Å². The topological polar surface area (TPSA) is 40.2 Å². The summed E-state index contributed by atoms with van der Waals surface area (Å²) in [4.78, 5) is 2.26. The Morgan fingerprint density at radius 2 is 1.41 bits per heavy atom. The van der Waals surface area contributed by atoms with Gasteiger partial charge in [0.15, 0.2) is 5.72 Å². The second-order valence-corrected chi connectivity index (χ2v) is 10.3. The van der Waals surface area contributed by atoms with E-state index in [4.69, 9.17) is 18.6 Å². The van der Waals surface area contributed by atoms with Crippen molar-refractivity contribution < 1.29 is 18.6 Å². The zero-order valence-corrected chi connectivity index (χ0v) is 19.1. The van der Waals surface area contributed by atoms with Gasteiger partial charge in [-0.15, -0.1) is 0 Å². The summed E-state index contributed by atoms with van der Waals surface area (Å²) in [7, 11) is 1.03. The molecule has 2 unspecified atom stereocenters. The quantitative estimate of drug-likeness (QED) is 0.655. The van der Waals surface area contributed by atoms with Gasteiger partial charge in [0.2, 0.25) is 0 Å². The third kappa shape index (κ3) is 2.60. The lowest BCUT2D eigenvalue weighted by atomic mass is 9.49. The number of halogens is 1. The van der Waals surface area contributed by atoms with Gasteiger partial charge in [-0.3, -0.25) is 0 Å². The summed E-state index contributed by atoms with van der Waals surface area (Å²) in [6.07, 6.45) is 0.637. The number of hydrogen-bond donors (Lipinski definition) is 0. The van der Waals surface area contributed by atoms with Gasteiger partial charge in [-0.05, 0) is 71.7 Å². The Morgan fingerprint density at radius 1 is 0.889 bits per heavy atom. The minimum atomic E-state index is -0.675. The highest BCUT2D eigenvalue weighted by Crippen LogP contribution is 2.56. The lowest BCUT2D eigenvalue weighted by Gasteiger charge is -2.52. The minimum absolute atomic E-state index is 0.431. The smallest absolute Gasteiger partial charge is 0.405 e. The standard InChI is InChI=1S/C19H28B2BrNO4/c1-12-9-14(22)10-13(2)15(12)23(8)19-11-18(7)16(3,4)24-20(26-18)21(27-19)25-17(19,5)6/h9-10H,11H2,1-8H3. The van der Waals surface area contributed by atoms with E-state index in [0.29, 0.717) is 6.42 Å². The van der Waals surface area contributed by atoms with E-state index in [1.807, 2.05) is 0 Å². The minimum Gasteiger partial charge on any atom is -0.405 e. The molecular formula is C19H28B2BrNO4. The number of aryl methyl sites for hydroxylation is 2. The molecule has 0 radical (unpaired) electrons. The summed E-state index contributed by atoms with van der Waals surface area (Å²) in [5.74, 6) is 0. The fourth-order valence-electron chi connectivity index (χ4n) is 4.98. The van der Waals surface area contributed by atoms with Gasteiger partial charge in [-0.25, -0.2) is 0 Å². The molecule has 1 aromatic rings. The highest BCUT2D eigenvalue weighted by molar-refractivity contribution is 9.10. The van der Waals surface area contributed by atoms with Crippen LogP contribution in [0.15, 0.2) is 16.6 Å². The van der Waals surface area contributed by atoms with Crippen LogP contribution in [0.2, 0.25) is 0 Å². The molecule has 1 aromatic carbocycles. The van der Waals surface area contributed by atoms with E-state index >= 15 is 0 Å². The van der Waals surface area contributed by atoms with Gasteiger partial charge >= 0.3 is 14.0 Å². The fraction of sp³-hybridized carbons (Fsp3) is 0.684. The van der Waals surface area contributed by atoms with E-state index in [1.54, 1.807) is 0 Å². The van der Waals surface area contributed by atoms with Crippen LogP contribution in [0.5, 0.6) is 0 Å². The molecule has 0 aliphatic carbocycles. The van der Waals surface area contributed by atoms with Crippen molar-refractivity contribution in [2.24, 2.45) is 0 Å². The lowest BCUT2D eigenvalue weighted by molar-refractivity contribution is -0.104. The first kappa shape index (κ1) is 19.8. The molecule has 4 rings (SSSR count). The van der Waals surface area contributed by atoms with Crippen LogP contribution >= 0.6 is 15.9 Å². The van der Waals surface area contributed by atoms with Crippen molar-refractivity contribution in [3.8, 4) is 0 Å². The van der Waals surface area contributed by atoms with Crippen LogP contribution in [0.1, 0.15) is 52.2 Å². The zero-order chi connectivity index (χ0) is 20.0. The Bertz CT molecular complexity index is 781. The van der Waals surface area contributed by atoms with Crippen LogP contribution in [0, 0.1) is 13.8 Å². The summed E-state index contributed by atoms with van der Waals surface area (Å²) in [6, 6.07) is 4.29. The summed E-state index contributed by atoms with van der Waals surface area (Å²) in [5.41, 5.74) is 1.42. The molecule has 0 N–H and O–H groups in total. The maximum Gasteiger partial charge on any atom is 0.490 e. The average molecular weight is 436 g/mol. The Morgan fingerprint density at radius 3 is 2.00 bits per heavy atom. The molecule has 146 valence electrons. The third-order valence-corrected chi connectivity index (χ3v) is 7.31. The predicted molar refractivity (Wildman–Crippen MR) is 112 cm³/mol. The van der Waals surface area contributed by atoms with Crippen molar-refractivity contribution >= 4 is 35.6 Å². The van der Waals surface area contributed by atoms with Gasteiger partial charge in [-0.1, -0.05) is 15.9 Å². The molecule has 3 aliphatic rings. The normalized spacial score (nSPS) is 33.4. The molecule has 0 saturated carbocycles. The van der Waals surface area contributed by atoms with E-state index < -0.39 is 36.5 Å². The second kappa shape index (κ2) is 5.76. The van der Waals surface area contributed by atoms with E-state index in [1.165, 1.54) is 11.1 Å². The Kier molecular flexibility index (Phi) is 4.22. The van der Waals surface area contributed by atoms with Crippen LogP contribution in [-0.2, 0) is 18.6 Å². The highest BCUT2D eigenvalue weighted by Gasteiger charge is 2.74. The van der Waals surface area contributed by atoms with Crippen molar-refractivity contribution in [2.45, 2.75) is 77.4 Å². The molecule has 3 saturated heterocycles. The molecule has 3 fully saturated rings. The highest BCUT2D eigenvalue weighted by atomic mass is 79.9. The van der Waals surface area contributed by atoms with Crippen molar-refractivity contribution in [1.82, 2.24) is 0 Å². The first-order valence-electron chi connectivity index (χ1n) is 9.54. The number of fused-ring (bicyclic) bond motifs is 5. The summed E-state index contributed by atoms with van der Waals surface area (Å²) in [6.45, 7) is 14.8. The second-order valence-electron chi connectivity index (χ2n) is 9.37. The van der Waals surface area contributed by atoms with Crippen molar-refractivity contribution in [3.05, 3.63) is 27.7 Å². The Balaban J connectivity index is 1.87. The van der Waals surface area contributed by atoms with Gasteiger partial charge < -0.3 is 23.5 Å². The van der Waals surface area contributed by atoms with Crippen LogP contribution in [-0.4, -0.2) is 43.6 Å². The number of likely N-dealkylation sites (N-methyl/N-ethyl adjacent to an activating group) is 1. The van der Waals surface area contributed by atoms with Gasteiger partial charge in [-0.2, -0.15) is 0 Å². The van der Waals surface area contributed by atoms with Crippen LogP contribution in [0.3, 0.4) is 0 Å². The SMILES string of the molecule is Cc1cc(Br)cc(C)c1N(C)C12CC3(C)OB(OC3(C)C)B(OC1(C)C)O2. The first-order chi connectivity index (χ1) is 12.3. The summed E-state index contributed by atoms with van der Waals surface area (Å²) < 4.78 is 26.6. The molecule has 3 heterocycles. The summed E-state index contributed by atoms with van der Waals surface area (Å²) >= 11 is 3.60. The van der Waals surface area contributed by atoms with Crippen LogP contribution < -0.4 is 4.90 Å². The molecule has 3 aliphatic heterocycles. The molecule has 0 aromatic heterocycles. The molecule has 27 heavy (non-hydrogen) atoms. The van der Waals surface area contributed by atoms with Gasteiger partial charge in [0, 0.05) is 23.6 Å². The maximum atomic E-state index is 6.62. The predicted octanol–water partition coefficient (Wildman–Crippen LogP) is 4.07. The number of benzene rings is 1. The number of rotatable bonds is 2. The van der Waals surface area contributed by atoms with Crippen LogP contribution in [0.4, 0.5) is 5.69 Å². The van der Waals surface area contributed by atoms with Crippen molar-refractivity contribution in [3.63, 3.8) is 0 Å². The van der Waals surface area contributed by atoms with Gasteiger partial charge in [0.1, 0.15) is 0 Å².